The molecule has 0 atom stereocenters. The first-order valence-corrected chi connectivity index (χ1v) is 8.31. The highest BCUT2D eigenvalue weighted by Gasteiger charge is 2.28. The van der Waals surface area contributed by atoms with Gasteiger partial charge in [0.05, 0.1) is 6.61 Å². The van der Waals surface area contributed by atoms with Crippen molar-refractivity contribution in [3.63, 3.8) is 0 Å². The highest BCUT2D eigenvalue weighted by atomic mass is 16.6. The average Bonchev–Trinajstić information content (AvgIpc) is 2.66. The van der Waals surface area contributed by atoms with Gasteiger partial charge in [-0.25, -0.2) is 4.79 Å². The minimum atomic E-state index is -0.650. The van der Waals surface area contributed by atoms with E-state index in [4.69, 9.17) is 10.5 Å². The zero-order chi connectivity index (χ0) is 18.2. The molecule has 2 rings (SSSR count). The van der Waals surface area contributed by atoms with Gasteiger partial charge in [0, 0.05) is 39.3 Å². The van der Waals surface area contributed by atoms with Crippen LogP contribution in [0.3, 0.4) is 0 Å². The zero-order valence-corrected chi connectivity index (χ0v) is 14.4. The van der Waals surface area contributed by atoms with Gasteiger partial charge in [0.1, 0.15) is 0 Å². The van der Waals surface area contributed by atoms with Crippen LogP contribution in [0.5, 0.6) is 0 Å². The van der Waals surface area contributed by atoms with Gasteiger partial charge in [-0.3, -0.25) is 9.59 Å². The molecule has 1 aliphatic rings. The van der Waals surface area contributed by atoms with Gasteiger partial charge in [0.15, 0.2) is 0 Å². The monoisotopic (exact) mass is 348 g/mol. The predicted molar refractivity (Wildman–Crippen MR) is 91.4 cm³/mol. The molecule has 0 bridgehead atoms. The molecule has 1 aromatic carbocycles. The Morgan fingerprint density at radius 2 is 1.76 bits per heavy atom. The second kappa shape index (κ2) is 9.03. The molecule has 1 fully saturated rings. The lowest BCUT2D eigenvalue weighted by Gasteiger charge is -2.33. The Bertz CT molecular complexity index is 627. The molecule has 1 aliphatic heterocycles. The van der Waals surface area contributed by atoms with E-state index in [0.717, 1.165) is 11.1 Å². The summed E-state index contributed by atoms with van der Waals surface area (Å²) in [6, 6.07) is 7.52. The summed E-state index contributed by atoms with van der Waals surface area (Å²) in [4.78, 5) is 38.9. The van der Waals surface area contributed by atoms with Gasteiger partial charge in [-0.1, -0.05) is 24.3 Å². The highest BCUT2D eigenvalue weighted by molar-refractivity contribution is 6.35. The number of nitrogens with two attached hydrogens (primary N) is 1. The van der Waals surface area contributed by atoms with Crippen LogP contribution in [0.25, 0.3) is 0 Å². The average molecular weight is 348 g/mol. The van der Waals surface area contributed by atoms with Crippen molar-refractivity contribution in [3.05, 3.63) is 35.4 Å². The van der Waals surface area contributed by atoms with Crippen LogP contribution in [-0.2, 0) is 27.4 Å². The van der Waals surface area contributed by atoms with Crippen molar-refractivity contribution in [1.82, 2.24) is 15.1 Å². The van der Waals surface area contributed by atoms with Crippen LogP contribution >= 0.6 is 0 Å². The van der Waals surface area contributed by atoms with E-state index in [9.17, 15) is 14.4 Å². The lowest BCUT2D eigenvalue weighted by atomic mass is 10.1. The molecule has 0 radical (unpaired) electrons. The molecule has 1 aromatic rings. The first-order chi connectivity index (χ1) is 12.0. The number of benzene rings is 1. The van der Waals surface area contributed by atoms with Crippen LogP contribution < -0.4 is 11.1 Å². The van der Waals surface area contributed by atoms with Crippen molar-refractivity contribution in [1.29, 1.82) is 0 Å². The lowest BCUT2D eigenvalue weighted by Crippen LogP contribution is -2.53. The number of ether oxygens (including phenoxy) is 1. The van der Waals surface area contributed by atoms with E-state index in [1.807, 2.05) is 24.3 Å². The summed E-state index contributed by atoms with van der Waals surface area (Å²) in [6.45, 7) is 4.08. The molecule has 0 aliphatic carbocycles. The van der Waals surface area contributed by atoms with E-state index >= 15 is 0 Å². The summed E-state index contributed by atoms with van der Waals surface area (Å²) in [5, 5.41) is 2.63. The summed E-state index contributed by atoms with van der Waals surface area (Å²) in [5.41, 5.74) is 7.44. The Balaban J connectivity index is 1.80. The number of carbonyl (C=O) groups excluding carboxylic acids is 3. The zero-order valence-electron chi connectivity index (χ0n) is 14.4. The molecule has 1 saturated heterocycles. The summed E-state index contributed by atoms with van der Waals surface area (Å²) in [5.74, 6) is -1.23. The fourth-order valence-electron chi connectivity index (χ4n) is 2.58. The van der Waals surface area contributed by atoms with Crippen molar-refractivity contribution < 1.29 is 19.1 Å². The van der Waals surface area contributed by atoms with E-state index in [-0.39, 0.29) is 12.6 Å². The normalized spacial score (nSPS) is 14.2. The van der Waals surface area contributed by atoms with Crippen LogP contribution in [0.15, 0.2) is 24.3 Å². The second-order valence-electron chi connectivity index (χ2n) is 5.68. The van der Waals surface area contributed by atoms with Gasteiger partial charge >= 0.3 is 17.9 Å². The molecular weight excluding hydrogens is 324 g/mol. The van der Waals surface area contributed by atoms with Crippen molar-refractivity contribution in [2.75, 3.05) is 32.8 Å². The molecule has 8 heteroatoms. The van der Waals surface area contributed by atoms with Gasteiger partial charge in [0.2, 0.25) is 0 Å². The molecule has 3 amide bonds. The number of amides is 3. The van der Waals surface area contributed by atoms with Crippen LogP contribution in [0.4, 0.5) is 4.79 Å². The fourth-order valence-corrected chi connectivity index (χ4v) is 2.58. The molecular formula is C17H24N4O4. The first kappa shape index (κ1) is 18.7. The van der Waals surface area contributed by atoms with E-state index in [0.29, 0.717) is 39.3 Å². The van der Waals surface area contributed by atoms with E-state index < -0.39 is 11.8 Å². The third-order valence-electron chi connectivity index (χ3n) is 3.97. The molecule has 8 nitrogen and oxygen atoms in total. The molecule has 25 heavy (non-hydrogen) atoms. The Labute approximate surface area is 146 Å². The number of hydrogen-bond acceptors (Lipinski definition) is 5. The minimum Gasteiger partial charge on any atom is -0.450 e. The summed E-state index contributed by atoms with van der Waals surface area (Å²) >= 11 is 0. The van der Waals surface area contributed by atoms with E-state index in [1.165, 1.54) is 9.80 Å². The third-order valence-corrected chi connectivity index (χ3v) is 3.97. The summed E-state index contributed by atoms with van der Waals surface area (Å²) < 4.78 is 4.93. The molecule has 136 valence electrons. The number of hydrogen-bond donors (Lipinski definition) is 2. The van der Waals surface area contributed by atoms with Gasteiger partial charge in [-0.2, -0.15) is 0 Å². The Hall–Kier alpha value is -2.61. The van der Waals surface area contributed by atoms with Crippen molar-refractivity contribution >= 4 is 17.9 Å². The van der Waals surface area contributed by atoms with Gasteiger partial charge in [-0.15, -0.1) is 0 Å². The van der Waals surface area contributed by atoms with Gasteiger partial charge in [0.25, 0.3) is 0 Å². The molecule has 0 unspecified atom stereocenters. The smallest absolute Gasteiger partial charge is 0.409 e. The topological polar surface area (TPSA) is 105 Å². The first-order valence-electron chi connectivity index (χ1n) is 8.31. The third kappa shape index (κ3) is 5.18. The molecule has 1 heterocycles. The van der Waals surface area contributed by atoms with E-state index in [2.05, 4.69) is 5.32 Å². The quantitative estimate of drug-likeness (QED) is 0.749. The Morgan fingerprint density at radius 1 is 1.12 bits per heavy atom. The number of nitrogens with zero attached hydrogens (tertiary/aromatic N) is 2. The maximum atomic E-state index is 12.2. The lowest BCUT2D eigenvalue weighted by molar-refractivity contribution is -0.146. The molecule has 0 saturated carbocycles. The molecule has 0 spiro atoms. The Morgan fingerprint density at radius 3 is 2.40 bits per heavy atom. The van der Waals surface area contributed by atoms with Crippen molar-refractivity contribution in [2.24, 2.45) is 5.73 Å². The number of nitrogens with one attached hydrogen (secondary N) is 1. The SMILES string of the molecule is CCOC(=O)N1CCN(C(=O)C(=O)NCc2cccc(CN)c2)CC1. The second-order valence-corrected chi connectivity index (χ2v) is 5.68. The van der Waals surface area contributed by atoms with Crippen LogP contribution in [0.1, 0.15) is 18.1 Å². The maximum Gasteiger partial charge on any atom is 0.409 e. The van der Waals surface area contributed by atoms with Crippen LogP contribution in [0.2, 0.25) is 0 Å². The standard InChI is InChI=1S/C17H24N4O4/c1-2-25-17(24)21-8-6-20(7-9-21)16(23)15(22)19-12-14-5-3-4-13(10-14)11-18/h3-5,10H,2,6-9,11-12,18H2,1H3,(H,19,22). The Kier molecular flexibility index (Phi) is 6.76. The summed E-state index contributed by atoms with van der Waals surface area (Å²) in [7, 11) is 0. The highest BCUT2D eigenvalue weighted by Crippen LogP contribution is 2.06. The number of rotatable bonds is 4. The van der Waals surface area contributed by atoms with Crippen LogP contribution in [0, 0.1) is 0 Å². The molecule has 3 N–H and O–H groups in total. The maximum absolute atomic E-state index is 12.2. The van der Waals surface area contributed by atoms with Crippen molar-refractivity contribution in [2.45, 2.75) is 20.0 Å². The predicted octanol–water partition coefficient (Wildman–Crippen LogP) is 0.0622. The summed E-state index contributed by atoms with van der Waals surface area (Å²) in [6.07, 6.45) is -0.390. The van der Waals surface area contributed by atoms with Crippen molar-refractivity contribution in [3.8, 4) is 0 Å². The minimum absolute atomic E-state index is 0.265. The van der Waals surface area contributed by atoms with Crippen LogP contribution in [-0.4, -0.2) is 60.5 Å². The number of carbonyl (C=O) groups is 3. The number of piperazine rings is 1. The largest absolute Gasteiger partial charge is 0.450 e. The van der Waals surface area contributed by atoms with Gasteiger partial charge in [-0.05, 0) is 18.1 Å². The van der Waals surface area contributed by atoms with E-state index in [1.54, 1.807) is 6.92 Å². The fraction of sp³-hybridized carbons (Fsp3) is 0.471. The molecule has 0 aromatic heterocycles. The van der Waals surface area contributed by atoms with Gasteiger partial charge < -0.3 is 25.6 Å².